The summed E-state index contributed by atoms with van der Waals surface area (Å²) in [5.74, 6) is 0.414. The highest BCUT2D eigenvalue weighted by molar-refractivity contribution is 5.92. The highest BCUT2D eigenvalue weighted by Gasteiger charge is 2.42. The van der Waals surface area contributed by atoms with Crippen LogP contribution in [0.3, 0.4) is 0 Å². The number of oxime groups is 1. The van der Waals surface area contributed by atoms with Crippen LogP contribution in [0.2, 0.25) is 0 Å². The predicted octanol–water partition coefficient (Wildman–Crippen LogP) is 3.50. The summed E-state index contributed by atoms with van der Waals surface area (Å²) < 4.78 is 0. The summed E-state index contributed by atoms with van der Waals surface area (Å²) in [6, 6.07) is 8.54. The number of fused-ring (bicyclic) bond motifs is 1. The second-order valence-corrected chi connectivity index (χ2v) is 5.40. The first kappa shape index (κ1) is 10.6. The van der Waals surface area contributed by atoms with Crippen molar-refractivity contribution in [2.24, 2.45) is 16.5 Å². The zero-order chi connectivity index (χ0) is 11.9. The molecule has 2 unspecified atom stereocenters. The summed E-state index contributed by atoms with van der Waals surface area (Å²) in [5.41, 5.74) is 3.82. The Bertz CT molecular complexity index is 503. The lowest BCUT2D eigenvalue weighted by molar-refractivity contribution is 0.249. The predicted molar refractivity (Wildman–Crippen MR) is 69.2 cm³/mol. The topological polar surface area (TPSA) is 32.6 Å². The van der Waals surface area contributed by atoms with Gasteiger partial charge in [0.2, 0.25) is 0 Å². The average molecular weight is 227 g/mol. The number of hydrogen-bond donors (Lipinski definition) is 1. The van der Waals surface area contributed by atoms with Gasteiger partial charge in [0.15, 0.2) is 0 Å². The summed E-state index contributed by atoms with van der Waals surface area (Å²) in [4.78, 5) is 0. The average Bonchev–Trinajstić information content (AvgIpc) is 2.27. The third-order valence-electron chi connectivity index (χ3n) is 4.29. The number of rotatable bonds is 1. The van der Waals surface area contributed by atoms with Gasteiger partial charge >= 0.3 is 0 Å². The summed E-state index contributed by atoms with van der Waals surface area (Å²) in [7, 11) is 0. The molecule has 2 aliphatic carbocycles. The van der Waals surface area contributed by atoms with E-state index < -0.39 is 0 Å². The Morgan fingerprint density at radius 3 is 2.88 bits per heavy atom. The molecule has 0 aromatic heterocycles. The molecule has 3 rings (SSSR count). The zero-order valence-electron chi connectivity index (χ0n) is 10.1. The van der Waals surface area contributed by atoms with Crippen LogP contribution in [0, 0.1) is 11.3 Å². The maximum absolute atomic E-state index is 8.96. The van der Waals surface area contributed by atoms with Crippen molar-refractivity contribution in [1.29, 1.82) is 0 Å². The Morgan fingerprint density at radius 2 is 2.18 bits per heavy atom. The summed E-state index contributed by atoms with van der Waals surface area (Å²) in [5, 5.41) is 12.4. The molecule has 2 nitrogen and oxygen atoms in total. The number of nitrogens with zero attached hydrogens (tertiary/aromatic N) is 1. The minimum absolute atomic E-state index is 0.119. The van der Waals surface area contributed by atoms with Crippen LogP contribution in [-0.4, -0.2) is 10.9 Å². The molecule has 17 heavy (non-hydrogen) atoms. The van der Waals surface area contributed by atoms with E-state index in [4.69, 9.17) is 5.21 Å². The fourth-order valence-electron chi connectivity index (χ4n) is 3.09. The maximum Gasteiger partial charge on any atom is 0.0610 e. The van der Waals surface area contributed by atoms with Gasteiger partial charge in [-0.1, -0.05) is 48.5 Å². The molecule has 1 fully saturated rings. The van der Waals surface area contributed by atoms with Crippen molar-refractivity contribution in [3.63, 3.8) is 0 Å². The van der Waals surface area contributed by atoms with Crippen molar-refractivity contribution < 1.29 is 5.21 Å². The lowest BCUT2D eigenvalue weighted by Gasteiger charge is -2.43. The first-order valence-corrected chi connectivity index (χ1v) is 6.21. The molecule has 88 valence electrons. The van der Waals surface area contributed by atoms with Gasteiger partial charge < -0.3 is 5.21 Å². The van der Waals surface area contributed by atoms with Gasteiger partial charge in [0.1, 0.15) is 0 Å². The monoisotopic (exact) mass is 227 g/mol. The van der Waals surface area contributed by atoms with E-state index in [1.165, 1.54) is 11.1 Å². The highest BCUT2D eigenvalue weighted by atomic mass is 16.4. The van der Waals surface area contributed by atoms with Crippen LogP contribution in [-0.2, 0) is 6.42 Å². The van der Waals surface area contributed by atoms with Gasteiger partial charge in [-0.05, 0) is 35.8 Å². The zero-order valence-corrected chi connectivity index (χ0v) is 10.1. The molecule has 0 heterocycles. The van der Waals surface area contributed by atoms with Crippen LogP contribution in [0.1, 0.15) is 30.9 Å². The van der Waals surface area contributed by atoms with Gasteiger partial charge in [0.05, 0.1) is 5.71 Å². The number of hydrogen-bond acceptors (Lipinski definition) is 2. The van der Waals surface area contributed by atoms with Gasteiger partial charge in [-0.15, -0.1) is 0 Å². The molecular formula is C15H17NO. The summed E-state index contributed by atoms with van der Waals surface area (Å²) in [6.45, 7) is 2.27. The molecule has 2 aliphatic rings. The fraction of sp³-hybridized carbons (Fsp3) is 0.400. The molecule has 1 N–H and O–H groups in total. The van der Waals surface area contributed by atoms with E-state index in [2.05, 4.69) is 48.5 Å². The minimum atomic E-state index is 0.119. The smallest absolute Gasteiger partial charge is 0.0610 e. The molecule has 0 bridgehead atoms. The van der Waals surface area contributed by atoms with Gasteiger partial charge in [0, 0.05) is 5.92 Å². The molecule has 2 heteroatoms. The molecular weight excluding hydrogens is 210 g/mol. The van der Waals surface area contributed by atoms with Crippen molar-refractivity contribution in [2.45, 2.75) is 26.2 Å². The van der Waals surface area contributed by atoms with Crippen molar-refractivity contribution in [1.82, 2.24) is 0 Å². The van der Waals surface area contributed by atoms with Crippen LogP contribution in [0.15, 0.2) is 35.5 Å². The van der Waals surface area contributed by atoms with Gasteiger partial charge in [-0.3, -0.25) is 0 Å². The van der Waals surface area contributed by atoms with Crippen LogP contribution in [0.5, 0.6) is 0 Å². The van der Waals surface area contributed by atoms with E-state index in [1.54, 1.807) is 0 Å². The van der Waals surface area contributed by atoms with Crippen molar-refractivity contribution in [3.05, 3.63) is 41.5 Å². The van der Waals surface area contributed by atoms with Crippen molar-refractivity contribution >= 4 is 11.8 Å². The normalized spacial score (nSPS) is 33.2. The molecule has 0 saturated heterocycles. The van der Waals surface area contributed by atoms with Crippen LogP contribution in [0.4, 0.5) is 0 Å². The highest BCUT2D eigenvalue weighted by Crippen LogP contribution is 2.46. The van der Waals surface area contributed by atoms with Gasteiger partial charge in [-0.25, -0.2) is 0 Å². The molecule has 0 aliphatic heterocycles. The van der Waals surface area contributed by atoms with E-state index >= 15 is 0 Å². The van der Waals surface area contributed by atoms with E-state index in [0.29, 0.717) is 5.92 Å². The fourth-order valence-corrected chi connectivity index (χ4v) is 3.09. The standard InChI is InChI=1S/C15H17NO/c1-15(13-6-7-14(13)16-17)9-8-11-4-2-3-5-12(11)10-15/h2-5,8-9,13,17H,6-7,10H2,1H3. The third kappa shape index (κ3) is 1.59. The molecule has 2 atom stereocenters. The quantitative estimate of drug-likeness (QED) is 0.578. The Hall–Kier alpha value is -1.57. The SMILES string of the molecule is CC1(C2CCC2=NO)C=Cc2ccccc2C1. The minimum Gasteiger partial charge on any atom is -0.411 e. The Kier molecular flexibility index (Phi) is 2.32. The Balaban J connectivity index is 1.93. The molecule has 0 radical (unpaired) electrons. The maximum atomic E-state index is 8.96. The number of allylic oxidation sites excluding steroid dienone is 1. The second-order valence-electron chi connectivity index (χ2n) is 5.40. The van der Waals surface area contributed by atoms with E-state index in [9.17, 15) is 0 Å². The lowest BCUT2D eigenvalue weighted by atomic mass is 9.61. The molecule has 1 aromatic rings. The van der Waals surface area contributed by atoms with Crippen LogP contribution >= 0.6 is 0 Å². The summed E-state index contributed by atoms with van der Waals surface area (Å²) >= 11 is 0. The Morgan fingerprint density at radius 1 is 1.35 bits per heavy atom. The van der Waals surface area contributed by atoms with E-state index in [1.807, 2.05) is 0 Å². The Labute approximate surface area is 102 Å². The third-order valence-corrected chi connectivity index (χ3v) is 4.29. The first-order chi connectivity index (χ1) is 8.23. The van der Waals surface area contributed by atoms with Crippen molar-refractivity contribution in [3.8, 4) is 0 Å². The van der Waals surface area contributed by atoms with Gasteiger partial charge in [0.25, 0.3) is 0 Å². The van der Waals surface area contributed by atoms with E-state index in [-0.39, 0.29) is 5.41 Å². The van der Waals surface area contributed by atoms with Gasteiger partial charge in [-0.2, -0.15) is 0 Å². The first-order valence-electron chi connectivity index (χ1n) is 6.21. The molecule has 0 spiro atoms. The second kappa shape index (κ2) is 3.73. The largest absolute Gasteiger partial charge is 0.411 e. The molecule has 0 amide bonds. The van der Waals surface area contributed by atoms with Crippen LogP contribution in [0.25, 0.3) is 6.08 Å². The van der Waals surface area contributed by atoms with Crippen molar-refractivity contribution in [2.75, 3.05) is 0 Å². The van der Waals surface area contributed by atoms with E-state index in [0.717, 1.165) is 25.0 Å². The summed E-state index contributed by atoms with van der Waals surface area (Å²) in [6.07, 6.45) is 7.65. The lowest BCUT2D eigenvalue weighted by Crippen LogP contribution is -2.41. The number of benzene rings is 1. The molecule has 1 saturated carbocycles. The van der Waals surface area contributed by atoms with Crippen LogP contribution < -0.4 is 0 Å². The molecule has 1 aromatic carbocycles.